The van der Waals surface area contributed by atoms with Gasteiger partial charge in [0.25, 0.3) is 0 Å². The average Bonchev–Trinajstić information content (AvgIpc) is 2.55. The fraction of sp³-hybridized carbons (Fsp3) is 0.625. The van der Waals surface area contributed by atoms with E-state index in [4.69, 9.17) is 5.73 Å². The molecule has 1 aromatic heterocycles. The van der Waals surface area contributed by atoms with Gasteiger partial charge in [-0.05, 0) is 12.3 Å². The molecule has 5 nitrogen and oxygen atoms in total. The number of nitrogens with zero attached hydrogens (tertiary/aromatic N) is 2. The molecule has 1 heterocycles. The van der Waals surface area contributed by atoms with E-state index < -0.39 is 6.04 Å². The molecule has 0 spiro atoms. The van der Waals surface area contributed by atoms with Crippen LogP contribution in [0.4, 0.5) is 5.13 Å². The number of aromatic nitrogens is 2. The van der Waals surface area contributed by atoms with Crippen molar-refractivity contribution in [1.82, 2.24) is 10.2 Å². The van der Waals surface area contributed by atoms with Gasteiger partial charge in [-0.2, -0.15) is 0 Å². The van der Waals surface area contributed by atoms with E-state index in [0.717, 1.165) is 0 Å². The fourth-order valence-corrected chi connectivity index (χ4v) is 1.49. The normalized spacial score (nSPS) is 12.9. The molecule has 0 bridgehead atoms. The smallest absolute Gasteiger partial charge is 0.243 e. The average molecular weight is 214 g/mol. The number of carbonyl (C=O) groups is 1. The summed E-state index contributed by atoms with van der Waals surface area (Å²) >= 11 is 1.28. The third-order valence-electron chi connectivity index (χ3n) is 1.65. The van der Waals surface area contributed by atoms with E-state index in [1.165, 1.54) is 11.3 Å². The van der Waals surface area contributed by atoms with Crippen molar-refractivity contribution in [2.24, 2.45) is 11.7 Å². The van der Waals surface area contributed by atoms with Crippen molar-refractivity contribution in [3.63, 3.8) is 0 Å². The number of hydrogen-bond acceptors (Lipinski definition) is 5. The molecule has 78 valence electrons. The largest absolute Gasteiger partial charge is 0.320 e. The maximum absolute atomic E-state index is 11.4. The first-order valence-corrected chi connectivity index (χ1v) is 5.30. The number of anilines is 1. The minimum absolute atomic E-state index is 0.199. The molecule has 0 aliphatic heterocycles. The van der Waals surface area contributed by atoms with E-state index in [9.17, 15) is 4.79 Å². The predicted octanol–water partition coefficient (Wildman–Crippen LogP) is 0.850. The fourth-order valence-electron chi connectivity index (χ4n) is 1.04. The second-order valence-electron chi connectivity index (χ2n) is 3.47. The third-order valence-corrected chi connectivity index (χ3v) is 2.26. The van der Waals surface area contributed by atoms with Gasteiger partial charge in [0, 0.05) is 0 Å². The van der Waals surface area contributed by atoms with E-state index in [0.29, 0.717) is 17.5 Å². The van der Waals surface area contributed by atoms with Gasteiger partial charge in [-0.1, -0.05) is 25.2 Å². The second-order valence-corrected chi connectivity index (χ2v) is 4.30. The lowest BCUT2D eigenvalue weighted by atomic mass is 10.0. The van der Waals surface area contributed by atoms with Crippen LogP contribution in [0.2, 0.25) is 0 Å². The summed E-state index contributed by atoms with van der Waals surface area (Å²) in [5.74, 6) is 0.209. The summed E-state index contributed by atoms with van der Waals surface area (Å²) in [6, 6.07) is -0.473. The standard InChI is InChI=1S/C8H14N4OS/c1-5(2)3-6(9)7(13)11-8-12-10-4-14-8/h4-6H,3,9H2,1-2H3,(H,11,12,13)/t6-/m0/s1. The van der Waals surface area contributed by atoms with Crippen LogP contribution in [0.5, 0.6) is 0 Å². The van der Waals surface area contributed by atoms with E-state index in [-0.39, 0.29) is 5.91 Å². The van der Waals surface area contributed by atoms with Gasteiger partial charge in [-0.3, -0.25) is 10.1 Å². The minimum Gasteiger partial charge on any atom is -0.320 e. The lowest BCUT2D eigenvalue weighted by molar-refractivity contribution is -0.117. The van der Waals surface area contributed by atoms with E-state index in [1.54, 1.807) is 5.51 Å². The highest BCUT2D eigenvalue weighted by Crippen LogP contribution is 2.10. The highest BCUT2D eigenvalue weighted by Gasteiger charge is 2.15. The van der Waals surface area contributed by atoms with Crippen LogP contribution in [0, 0.1) is 5.92 Å². The van der Waals surface area contributed by atoms with Gasteiger partial charge in [-0.15, -0.1) is 10.2 Å². The molecule has 6 heteroatoms. The molecular weight excluding hydrogens is 200 g/mol. The summed E-state index contributed by atoms with van der Waals surface area (Å²) < 4.78 is 0. The van der Waals surface area contributed by atoms with Crippen molar-refractivity contribution < 1.29 is 4.79 Å². The summed E-state index contributed by atoms with van der Waals surface area (Å²) in [5, 5.41) is 10.4. The predicted molar refractivity (Wildman–Crippen MR) is 56.0 cm³/mol. The Hall–Kier alpha value is -1.01. The molecule has 0 aliphatic rings. The zero-order valence-corrected chi connectivity index (χ0v) is 9.04. The van der Waals surface area contributed by atoms with Gasteiger partial charge >= 0.3 is 0 Å². The number of carbonyl (C=O) groups excluding carboxylic acids is 1. The first-order valence-electron chi connectivity index (χ1n) is 4.42. The Morgan fingerprint density at radius 1 is 1.71 bits per heavy atom. The Balaban J connectivity index is 2.42. The van der Waals surface area contributed by atoms with Crippen molar-refractivity contribution in [3.05, 3.63) is 5.51 Å². The Kier molecular flexibility index (Phi) is 3.97. The van der Waals surface area contributed by atoms with E-state index in [2.05, 4.69) is 15.5 Å². The topological polar surface area (TPSA) is 80.9 Å². The molecular formula is C8H14N4OS. The van der Waals surface area contributed by atoms with Crippen LogP contribution in [-0.4, -0.2) is 22.1 Å². The lowest BCUT2D eigenvalue weighted by Gasteiger charge is -2.12. The summed E-state index contributed by atoms with van der Waals surface area (Å²) in [5.41, 5.74) is 7.24. The van der Waals surface area contributed by atoms with Gasteiger partial charge in [-0.25, -0.2) is 0 Å². The highest BCUT2D eigenvalue weighted by molar-refractivity contribution is 7.13. The van der Waals surface area contributed by atoms with Gasteiger partial charge < -0.3 is 5.73 Å². The van der Waals surface area contributed by atoms with Gasteiger partial charge in [0.2, 0.25) is 11.0 Å². The van der Waals surface area contributed by atoms with Crippen LogP contribution >= 0.6 is 11.3 Å². The molecule has 0 fully saturated rings. The number of hydrogen-bond donors (Lipinski definition) is 2. The molecule has 0 radical (unpaired) electrons. The lowest BCUT2D eigenvalue weighted by Crippen LogP contribution is -2.36. The minimum atomic E-state index is -0.473. The van der Waals surface area contributed by atoms with Crippen LogP contribution in [0.25, 0.3) is 0 Å². The molecule has 1 aromatic rings. The molecule has 3 N–H and O–H groups in total. The molecule has 0 saturated carbocycles. The maximum atomic E-state index is 11.4. The monoisotopic (exact) mass is 214 g/mol. The summed E-state index contributed by atoms with van der Waals surface area (Å²) in [4.78, 5) is 11.4. The quantitative estimate of drug-likeness (QED) is 0.778. The SMILES string of the molecule is CC(C)C[C@H](N)C(=O)Nc1nncs1. The molecule has 0 aromatic carbocycles. The van der Waals surface area contributed by atoms with Crippen LogP contribution in [0.15, 0.2) is 5.51 Å². The van der Waals surface area contributed by atoms with Gasteiger partial charge in [0.1, 0.15) is 5.51 Å². The number of rotatable bonds is 4. The van der Waals surface area contributed by atoms with Crippen LogP contribution < -0.4 is 11.1 Å². The van der Waals surface area contributed by atoms with Crippen molar-refractivity contribution in [2.75, 3.05) is 5.32 Å². The summed E-state index contributed by atoms with van der Waals surface area (Å²) in [7, 11) is 0. The van der Waals surface area contributed by atoms with Crippen LogP contribution in [-0.2, 0) is 4.79 Å². The Labute approximate surface area is 86.7 Å². The van der Waals surface area contributed by atoms with Crippen LogP contribution in [0.1, 0.15) is 20.3 Å². The molecule has 14 heavy (non-hydrogen) atoms. The number of nitrogens with one attached hydrogen (secondary N) is 1. The first kappa shape index (κ1) is 11.1. The Bertz CT molecular complexity index is 286. The van der Waals surface area contributed by atoms with Gasteiger partial charge in [0.05, 0.1) is 6.04 Å². The molecule has 0 unspecified atom stereocenters. The Morgan fingerprint density at radius 3 is 2.93 bits per heavy atom. The molecule has 1 atom stereocenters. The second kappa shape index (κ2) is 5.02. The first-order chi connectivity index (χ1) is 6.59. The zero-order chi connectivity index (χ0) is 10.6. The molecule has 1 amide bonds. The maximum Gasteiger partial charge on any atom is 0.243 e. The molecule has 0 aliphatic carbocycles. The van der Waals surface area contributed by atoms with E-state index >= 15 is 0 Å². The van der Waals surface area contributed by atoms with Crippen molar-refractivity contribution >= 4 is 22.4 Å². The van der Waals surface area contributed by atoms with Crippen molar-refractivity contribution in [1.29, 1.82) is 0 Å². The van der Waals surface area contributed by atoms with Crippen LogP contribution in [0.3, 0.4) is 0 Å². The van der Waals surface area contributed by atoms with E-state index in [1.807, 2.05) is 13.8 Å². The third kappa shape index (κ3) is 3.39. The number of amides is 1. The molecule has 0 saturated heterocycles. The van der Waals surface area contributed by atoms with Gasteiger partial charge in [0.15, 0.2) is 0 Å². The molecule has 1 rings (SSSR count). The van der Waals surface area contributed by atoms with Crippen molar-refractivity contribution in [2.45, 2.75) is 26.3 Å². The number of nitrogens with two attached hydrogens (primary N) is 1. The Morgan fingerprint density at radius 2 is 2.43 bits per heavy atom. The highest BCUT2D eigenvalue weighted by atomic mass is 32.1. The zero-order valence-electron chi connectivity index (χ0n) is 8.23. The van der Waals surface area contributed by atoms with Crippen molar-refractivity contribution in [3.8, 4) is 0 Å². The summed E-state index contributed by atoms with van der Waals surface area (Å²) in [6.45, 7) is 4.05. The summed E-state index contributed by atoms with van der Waals surface area (Å²) in [6.07, 6.45) is 0.671.